The highest BCUT2D eigenvalue weighted by molar-refractivity contribution is 7.90. The predicted molar refractivity (Wildman–Crippen MR) is 57.4 cm³/mol. The standard InChI is InChI=1S/C10H18N2O2S/c11-9-7-1-6-2-8(9)5-10(3-6,4-7)15(12,13)14/h6-9H,1-5,11H2,(H2,12,13,14). The van der Waals surface area contributed by atoms with E-state index in [1.54, 1.807) is 0 Å². The van der Waals surface area contributed by atoms with Crippen LogP contribution in [0.3, 0.4) is 0 Å². The zero-order chi connectivity index (χ0) is 10.8. The van der Waals surface area contributed by atoms with E-state index >= 15 is 0 Å². The molecule has 0 aromatic heterocycles. The fourth-order valence-corrected chi connectivity index (χ4v) is 5.70. The number of nitrogens with two attached hydrogens (primary N) is 2. The summed E-state index contributed by atoms with van der Waals surface area (Å²) in [7, 11) is -3.40. The van der Waals surface area contributed by atoms with E-state index in [4.69, 9.17) is 10.9 Å². The van der Waals surface area contributed by atoms with Gasteiger partial charge in [-0.05, 0) is 49.9 Å². The van der Waals surface area contributed by atoms with Gasteiger partial charge in [-0.2, -0.15) is 0 Å². The van der Waals surface area contributed by atoms with E-state index in [0.29, 0.717) is 30.6 Å². The molecule has 4 aliphatic carbocycles. The van der Waals surface area contributed by atoms with Crippen LogP contribution in [0, 0.1) is 17.8 Å². The number of sulfonamides is 1. The third-order valence-corrected chi connectivity index (χ3v) is 6.60. The van der Waals surface area contributed by atoms with Crippen molar-refractivity contribution >= 4 is 10.0 Å². The van der Waals surface area contributed by atoms with E-state index < -0.39 is 14.8 Å². The number of hydrogen-bond donors (Lipinski definition) is 2. The van der Waals surface area contributed by atoms with Gasteiger partial charge in [-0.25, -0.2) is 13.6 Å². The van der Waals surface area contributed by atoms with Crippen LogP contribution in [0.1, 0.15) is 32.1 Å². The summed E-state index contributed by atoms with van der Waals surface area (Å²) in [5.41, 5.74) is 6.13. The minimum atomic E-state index is -3.40. The van der Waals surface area contributed by atoms with Gasteiger partial charge in [0.25, 0.3) is 0 Å². The van der Waals surface area contributed by atoms with Crippen molar-refractivity contribution in [3.05, 3.63) is 0 Å². The SMILES string of the molecule is NC1C2CC3CC1CC(S(N)(=O)=O)(C3)C2. The number of rotatable bonds is 1. The molecule has 4 saturated carbocycles. The fraction of sp³-hybridized carbons (Fsp3) is 1.00. The van der Waals surface area contributed by atoms with Gasteiger partial charge in [0.2, 0.25) is 10.0 Å². The average molecular weight is 230 g/mol. The molecule has 0 aromatic rings. The molecule has 0 amide bonds. The molecule has 0 heterocycles. The molecule has 0 aromatic carbocycles. The van der Waals surface area contributed by atoms with Crippen LogP contribution in [0.15, 0.2) is 0 Å². The van der Waals surface area contributed by atoms with Crippen molar-refractivity contribution in [2.24, 2.45) is 28.6 Å². The van der Waals surface area contributed by atoms with E-state index in [1.807, 2.05) is 0 Å². The van der Waals surface area contributed by atoms with Gasteiger partial charge >= 0.3 is 0 Å². The van der Waals surface area contributed by atoms with Crippen molar-refractivity contribution < 1.29 is 8.42 Å². The molecule has 4 N–H and O–H groups in total. The van der Waals surface area contributed by atoms with Gasteiger partial charge in [0, 0.05) is 6.04 Å². The summed E-state index contributed by atoms with van der Waals surface area (Å²) in [6.45, 7) is 0. The number of hydrogen-bond acceptors (Lipinski definition) is 3. The van der Waals surface area contributed by atoms with Crippen molar-refractivity contribution in [1.29, 1.82) is 0 Å². The molecule has 15 heavy (non-hydrogen) atoms. The van der Waals surface area contributed by atoms with Gasteiger partial charge < -0.3 is 5.73 Å². The van der Waals surface area contributed by atoms with Crippen LogP contribution in [0.5, 0.6) is 0 Å². The third-order valence-electron chi connectivity index (χ3n) is 4.89. The lowest BCUT2D eigenvalue weighted by molar-refractivity contribution is 0.0136. The smallest absolute Gasteiger partial charge is 0.214 e. The maximum atomic E-state index is 11.7. The van der Waals surface area contributed by atoms with Crippen LogP contribution in [0.2, 0.25) is 0 Å². The molecule has 4 fully saturated rings. The first kappa shape index (κ1) is 10.1. The molecule has 2 atom stereocenters. The maximum absolute atomic E-state index is 11.7. The second-order valence-electron chi connectivity index (χ2n) is 5.78. The summed E-state index contributed by atoms with van der Waals surface area (Å²) in [5.74, 6) is 1.35. The highest BCUT2D eigenvalue weighted by Gasteiger charge is 2.59. The number of primary sulfonamides is 1. The molecule has 4 aliphatic rings. The summed E-state index contributed by atoms with van der Waals surface area (Å²) >= 11 is 0. The molecule has 86 valence electrons. The Morgan fingerprint density at radius 3 is 2.07 bits per heavy atom. The van der Waals surface area contributed by atoms with Crippen LogP contribution >= 0.6 is 0 Å². The minimum absolute atomic E-state index is 0.219. The molecular formula is C10H18N2O2S. The van der Waals surface area contributed by atoms with Gasteiger partial charge in [0.15, 0.2) is 0 Å². The molecule has 0 spiro atoms. The van der Waals surface area contributed by atoms with Gasteiger partial charge in [-0.15, -0.1) is 0 Å². The predicted octanol–water partition coefficient (Wildman–Crippen LogP) is 0.181. The quantitative estimate of drug-likeness (QED) is 0.673. The second-order valence-corrected chi connectivity index (χ2v) is 7.73. The molecule has 4 bridgehead atoms. The van der Waals surface area contributed by atoms with Gasteiger partial charge in [-0.3, -0.25) is 0 Å². The Hall–Kier alpha value is -0.130. The average Bonchev–Trinajstić information content (AvgIpc) is 2.10. The van der Waals surface area contributed by atoms with Crippen molar-refractivity contribution in [1.82, 2.24) is 0 Å². The summed E-state index contributed by atoms with van der Waals surface area (Å²) in [6.07, 6.45) is 4.44. The van der Waals surface area contributed by atoms with E-state index in [2.05, 4.69) is 0 Å². The first-order valence-electron chi connectivity index (χ1n) is 5.69. The normalized spacial score (nSPS) is 53.5. The zero-order valence-electron chi connectivity index (χ0n) is 8.72. The third kappa shape index (κ3) is 1.23. The van der Waals surface area contributed by atoms with E-state index in [9.17, 15) is 8.42 Å². The van der Waals surface area contributed by atoms with Crippen LogP contribution in [-0.2, 0) is 10.0 Å². The minimum Gasteiger partial charge on any atom is -0.327 e. The van der Waals surface area contributed by atoms with Crippen molar-refractivity contribution in [3.8, 4) is 0 Å². The maximum Gasteiger partial charge on any atom is 0.214 e. The highest BCUT2D eigenvalue weighted by atomic mass is 32.2. The van der Waals surface area contributed by atoms with Gasteiger partial charge in [0.1, 0.15) is 0 Å². The van der Waals surface area contributed by atoms with Crippen molar-refractivity contribution in [2.75, 3.05) is 0 Å². The van der Waals surface area contributed by atoms with Crippen molar-refractivity contribution in [3.63, 3.8) is 0 Å². The van der Waals surface area contributed by atoms with E-state index in [0.717, 1.165) is 19.3 Å². The topological polar surface area (TPSA) is 86.2 Å². The monoisotopic (exact) mass is 230 g/mol. The zero-order valence-corrected chi connectivity index (χ0v) is 9.54. The van der Waals surface area contributed by atoms with E-state index in [1.165, 1.54) is 0 Å². The highest BCUT2D eigenvalue weighted by Crippen LogP contribution is 2.57. The molecule has 4 nitrogen and oxygen atoms in total. The van der Waals surface area contributed by atoms with Gasteiger partial charge in [-0.1, -0.05) is 0 Å². The van der Waals surface area contributed by atoms with E-state index in [-0.39, 0.29) is 6.04 Å². The van der Waals surface area contributed by atoms with Crippen LogP contribution in [0.25, 0.3) is 0 Å². The first-order chi connectivity index (χ1) is 6.91. The summed E-state index contributed by atoms with van der Waals surface area (Å²) < 4.78 is 22.8. The summed E-state index contributed by atoms with van der Waals surface area (Å²) in [5, 5.41) is 5.41. The molecule has 0 radical (unpaired) electrons. The van der Waals surface area contributed by atoms with Crippen molar-refractivity contribution in [2.45, 2.75) is 42.9 Å². The molecule has 4 rings (SSSR count). The van der Waals surface area contributed by atoms with Crippen LogP contribution in [-0.4, -0.2) is 19.2 Å². The first-order valence-corrected chi connectivity index (χ1v) is 7.24. The lowest BCUT2D eigenvalue weighted by atomic mass is 9.54. The molecule has 5 heteroatoms. The molecule has 0 aliphatic heterocycles. The van der Waals surface area contributed by atoms with Crippen LogP contribution < -0.4 is 10.9 Å². The Kier molecular flexibility index (Phi) is 1.85. The molecule has 2 unspecified atom stereocenters. The lowest BCUT2D eigenvalue weighted by Crippen LogP contribution is -2.63. The summed E-state index contributed by atoms with van der Waals surface area (Å²) in [6, 6.07) is 0.219. The Morgan fingerprint density at radius 2 is 1.60 bits per heavy atom. The Labute approximate surface area is 90.4 Å². The Balaban J connectivity index is 2.03. The fourth-order valence-electron chi connectivity index (χ4n) is 4.34. The lowest BCUT2D eigenvalue weighted by Gasteiger charge is -2.57. The second kappa shape index (κ2) is 2.76. The van der Waals surface area contributed by atoms with Crippen LogP contribution in [0.4, 0.5) is 0 Å². The Morgan fingerprint density at radius 1 is 1.07 bits per heavy atom. The molecule has 0 saturated heterocycles. The summed E-state index contributed by atoms with van der Waals surface area (Å²) in [4.78, 5) is 0. The Bertz CT molecular complexity index is 376. The molecular weight excluding hydrogens is 212 g/mol. The largest absolute Gasteiger partial charge is 0.327 e. The van der Waals surface area contributed by atoms with Gasteiger partial charge in [0.05, 0.1) is 4.75 Å².